The van der Waals surface area contributed by atoms with Crippen molar-refractivity contribution in [3.63, 3.8) is 0 Å². The summed E-state index contributed by atoms with van der Waals surface area (Å²) < 4.78 is 87.9. The lowest BCUT2D eigenvalue weighted by Gasteiger charge is -2.20. The number of rotatable bonds is 2. The maximum Gasteiger partial charge on any atom is 0.418 e. The zero-order chi connectivity index (χ0) is 32.5. The summed E-state index contributed by atoms with van der Waals surface area (Å²) in [5.41, 5.74) is -2.21. The monoisotopic (exact) mass is 619 g/mol. The van der Waals surface area contributed by atoms with Gasteiger partial charge in [-0.15, -0.1) is 0 Å². The molecule has 11 heteroatoms. The van der Waals surface area contributed by atoms with Crippen LogP contribution in [0, 0.1) is 34.0 Å². The molecule has 2 aromatic heterocycles. The third-order valence-electron chi connectivity index (χ3n) is 7.99. The van der Waals surface area contributed by atoms with E-state index in [0.717, 1.165) is 5.39 Å². The first-order chi connectivity index (χ1) is 21.9. The van der Waals surface area contributed by atoms with E-state index < -0.39 is 34.7 Å². The average Bonchev–Trinajstić information content (AvgIpc) is 3.53. The minimum absolute atomic E-state index is 0.0309. The Bertz CT molecular complexity index is 2510. The lowest BCUT2D eigenvalue weighted by Crippen LogP contribution is -2.16. The van der Waals surface area contributed by atoms with E-state index in [-0.39, 0.29) is 28.2 Å². The van der Waals surface area contributed by atoms with Gasteiger partial charge in [0.1, 0.15) is 6.07 Å². The first-order valence-electron chi connectivity index (χ1n) is 13.6. The van der Waals surface area contributed by atoms with Crippen LogP contribution in [0.15, 0.2) is 91.0 Å². The highest BCUT2D eigenvalue weighted by Crippen LogP contribution is 2.45. The van der Waals surface area contributed by atoms with Gasteiger partial charge in [-0.25, -0.2) is 0 Å². The Morgan fingerprint density at radius 3 is 1.57 bits per heavy atom. The number of hydrogen-bond donors (Lipinski definition) is 0. The maximum absolute atomic E-state index is 14.6. The van der Waals surface area contributed by atoms with E-state index in [1.807, 2.05) is 30.3 Å². The van der Waals surface area contributed by atoms with Gasteiger partial charge in [-0.3, -0.25) is 0 Å². The standard InChI is InChI=1S/C35H15F6N5/c36-34(37,38)22-12-21(18-44)33(28(13-22)35(39,40)41)46-30-8-4-2-6-25(30)27-14-26-24-5-1-3-7-29(24)45(31(26)15-32(27)46)23-10-19(16-42)9-20(11-23)17-43/h1-15H. The maximum atomic E-state index is 14.6. The fraction of sp³-hybridized carbons (Fsp3) is 0.0571. The van der Waals surface area contributed by atoms with Crippen molar-refractivity contribution >= 4 is 43.6 Å². The van der Waals surface area contributed by atoms with Crippen LogP contribution in [0.3, 0.4) is 0 Å². The lowest BCUT2D eigenvalue weighted by molar-refractivity contribution is -0.143. The summed E-state index contributed by atoms with van der Waals surface area (Å²) in [5.74, 6) is 0. The summed E-state index contributed by atoms with van der Waals surface area (Å²) in [6.07, 6.45) is -10.4. The summed E-state index contributed by atoms with van der Waals surface area (Å²) in [6, 6.07) is 27.9. The number of aromatic nitrogens is 2. The zero-order valence-corrected chi connectivity index (χ0v) is 23.2. The molecule has 0 saturated carbocycles. The number of alkyl halides is 6. The van der Waals surface area contributed by atoms with Crippen LogP contribution >= 0.6 is 0 Å². The van der Waals surface area contributed by atoms with Gasteiger partial charge in [0, 0.05) is 27.2 Å². The molecule has 0 N–H and O–H groups in total. The molecular weight excluding hydrogens is 604 g/mol. The van der Waals surface area contributed by atoms with Crippen LogP contribution in [0.1, 0.15) is 27.8 Å². The Balaban J connectivity index is 1.69. The summed E-state index contributed by atoms with van der Waals surface area (Å²) >= 11 is 0. The second kappa shape index (κ2) is 9.88. The molecule has 0 radical (unpaired) electrons. The lowest BCUT2D eigenvalue weighted by atomic mass is 10.0. The highest BCUT2D eigenvalue weighted by Gasteiger charge is 2.41. The molecule has 0 aliphatic carbocycles. The Kier molecular flexibility index (Phi) is 6.13. The summed E-state index contributed by atoms with van der Waals surface area (Å²) in [6.45, 7) is 0. The van der Waals surface area contributed by atoms with Crippen LogP contribution in [0.2, 0.25) is 0 Å². The molecular formula is C35H15F6N5. The largest absolute Gasteiger partial charge is 0.418 e. The minimum Gasteiger partial charge on any atom is -0.309 e. The summed E-state index contributed by atoms with van der Waals surface area (Å²) in [7, 11) is 0. The first-order valence-corrected chi connectivity index (χ1v) is 13.6. The van der Waals surface area contributed by atoms with Gasteiger partial charge in [0.2, 0.25) is 0 Å². The Hall–Kier alpha value is -6.25. The van der Waals surface area contributed by atoms with Crippen molar-refractivity contribution < 1.29 is 26.3 Å². The van der Waals surface area contributed by atoms with Crippen LogP contribution in [0.4, 0.5) is 26.3 Å². The normalized spacial score (nSPS) is 12.1. The van der Waals surface area contributed by atoms with Gasteiger partial charge in [0.25, 0.3) is 0 Å². The van der Waals surface area contributed by atoms with E-state index >= 15 is 0 Å². The van der Waals surface area contributed by atoms with E-state index in [0.29, 0.717) is 38.9 Å². The van der Waals surface area contributed by atoms with Crippen molar-refractivity contribution in [1.29, 1.82) is 15.8 Å². The molecule has 0 atom stereocenters. The molecule has 0 bridgehead atoms. The average molecular weight is 620 g/mol. The van der Waals surface area contributed by atoms with E-state index in [4.69, 9.17) is 0 Å². The molecule has 0 spiro atoms. The molecule has 222 valence electrons. The number of nitriles is 3. The third-order valence-corrected chi connectivity index (χ3v) is 7.99. The van der Waals surface area contributed by atoms with Crippen LogP contribution in [0.5, 0.6) is 0 Å². The molecule has 0 unspecified atom stereocenters. The fourth-order valence-electron chi connectivity index (χ4n) is 6.16. The molecule has 0 saturated heterocycles. The minimum atomic E-state index is -5.25. The zero-order valence-electron chi connectivity index (χ0n) is 23.2. The number of fused-ring (bicyclic) bond motifs is 6. The van der Waals surface area contributed by atoms with Crippen molar-refractivity contribution in [3.8, 4) is 29.6 Å². The van der Waals surface area contributed by atoms with E-state index in [1.165, 1.54) is 10.6 Å². The van der Waals surface area contributed by atoms with Crippen molar-refractivity contribution in [3.05, 3.63) is 119 Å². The summed E-state index contributed by atoms with van der Waals surface area (Å²) in [4.78, 5) is 0. The number of hydrogen-bond acceptors (Lipinski definition) is 3. The molecule has 46 heavy (non-hydrogen) atoms. The quantitative estimate of drug-likeness (QED) is 0.181. The van der Waals surface area contributed by atoms with Gasteiger partial charge in [-0.2, -0.15) is 42.1 Å². The van der Waals surface area contributed by atoms with Crippen molar-refractivity contribution in [2.45, 2.75) is 12.4 Å². The molecule has 0 aliphatic heterocycles. The Labute approximate surface area is 255 Å². The SMILES string of the molecule is N#Cc1cc(C#N)cc(-n2c3ccccc3c3cc4c5ccccc5n(-c5c(C#N)cc(C(F)(F)F)cc5C(F)(F)F)c4cc32)c1. The van der Waals surface area contributed by atoms with Crippen LogP contribution in [0.25, 0.3) is 55.0 Å². The highest BCUT2D eigenvalue weighted by molar-refractivity contribution is 6.19. The smallest absolute Gasteiger partial charge is 0.309 e. The number of para-hydroxylation sites is 2. The van der Waals surface area contributed by atoms with E-state index in [1.54, 1.807) is 65.2 Å². The topological polar surface area (TPSA) is 81.2 Å². The first kappa shape index (κ1) is 28.5. The molecule has 0 fully saturated rings. The van der Waals surface area contributed by atoms with Crippen LogP contribution < -0.4 is 0 Å². The summed E-state index contributed by atoms with van der Waals surface area (Å²) in [5, 5.41) is 31.7. The van der Waals surface area contributed by atoms with E-state index in [9.17, 15) is 42.1 Å². The predicted molar refractivity (Wildman–Crippen MR) is 159 cm³/mol. The molecule has 2 heterocycles. The Morgan fingerprint density at radius 1 is 0.500 bits per heavy atom. The second-order valence-corrected chi connectivity index (χ2v) is 10.6. The molecule has 5 nitrogen and oxygen atoms in total. The van der Waals surface area contributed by atoms with Gasteiger partial charge in [0.15, 0.2) is 0 Å². The van der Waals surface area contributed by atoms with Gasteiger partial charge in [0.05, 0.1) is 67.7 Å². The van der Waals surface area contributed by atoms with Crippen LogP contribution in [-0.4, -0.2) is 9.13 Å². The third kappa shape index (κ3) is 4.23. The van der Waals surface area contributed by atoms with Crippen LogP contribution in [-0.2, 0) is 12.4 Å². The number of benzene rings is 5. The highest BCUT2D eigenvalue weighted by atomic mass is 19.4. The van der Waals surface area contributed by atoms with Gasteiger partial charge in [-0.05, 0) is 54.6 Å². The van der Waals surface area contributed by atoms with E-state index in [2.05, 4.69) is 0 Å². The fourth-order valence-corrected chi connectivity index (χ4v) is 6.16. The van der Waals surface area contributed by atoms with Crippen molar-refractivity contribution in [2.75, 3.05) is 0 Å². The van der Waals surface area contributed by atoms with Gasteiger partial charge >= 0.3 is 12.4 Å². The molecule has 5 aromatic carbocycles. The molecule has 0 amide bonds. The number of nitrogens with zero attached hydrogens (tertiary/aromatic N) is 5. The molecule has 7 aromatic rings. The second-order valence-electron chi connectivity index (χ2n) is 10.6. The predicted octanol–water partition coefficient (Wildman–Crippen LogP) is 9.53. The number of halogens is 6. The molecule has 7 rings (SSSR count). The van der Waals surface area contributed by atoms with Gasteiger partial charge in [-0.1, -0.05) is 36.4 Å². The van der Waals surface area contributed by atoms with Crippen molar-refractivity contribution in [1.82, 2.24) is 9.13 Å². The van der Waals surface area contributed by atoms with Gasteiger partial charge < -0.3 is 9.13 Å². The Morgan fingerprint density at radius 2 is 1.04 bits per heavy atom. The van der Waals surface area contributed by atoms with Crippen molar-refractivity contribution in [2.24, 2.45) is 0 Å². The molecule has 0 aliphatic rings.